The van der Waals surface area contributed by atoms with Crippen molar-refractivity contribution in [3.8, 4) is 0 Å². The van der Waals surface area contributed by atoms with Crippen molar-refractivity contribution in [2.75, 3.05) is 0 Å². The summed E-state index contributed by atoms with van der Waals surface area (Å²) in [5.74, 6) is 0. The van der Waals surface area contributed by atoms with Gasteiger partial charge in [0.15, 0.2) is 0 Å². The van der Waals surface area contributed by atoms with Gasteiger partial charge in [-0.1, -0.05) is 50.6 Å². The van der Waals surface area contributed by atoms with Gasteiger partial charge < -0.3 is 0 Å². The molecule has 0 saturated heterocycles. The van der Waals surface area contributed by atoms with Gasteiger partial charge in [-0.15, -0.1) is 0 Å². The Labute approximate surface area is 114 Å². The molecule has 4 nitrogen and oxygen atoms in total. The van der Waals surface area contributed by atoms with Gasteiger partial charge in [-0.25, -0.2) is 0 Å². The van der Waals surface area contributed by atoms with Crippen molar-refractivity contribution in [3.63, 3.8) is 0 Å². The van der Waals surface area contributed by atoms with Gasteiger partial charge in [-0.05, 0) is 0 Å². The van der Waals surface area contributed by atoms with Gasteiger partial charge in [0, 0.05) is 16.8 Å². The fourth-order valence-electron chi connectivity index (χ4n) is 0. The van der Waals surface area contributed by atoms with Gasteiger partial charge in [0.2, 0.25) is 0 Å². The van der Waals surface area contributed by atoms with E-state index in [1.165, 1.54) is 0 Å². The van der Waals surface area contributed by atoms with E-state index in [0.717, 1.165) is 0 Å². The van der Waals surface area contributed by atoms with E-state index < -0.39 is 0 Å². The van der Waals surface area contributed by atoms with Crippen molar-refractivity contribution in [1.29, 1.82) is 0 Å². The summed E-state index contributed by atoms with van der Waals surface area (Å²) in [7, 11) is 0. The Balaban J connectivity index is -0.0000000146. The number of allylic oxidation sites excluding steroid dienone is 4. The minimum atomic E-state index is 0. The van der Waals surface area contributed by atoms with Crippen molar-refractivity contribution in [1.82, 2.24) is 0 Å². The third kappa shape index (κ3) is 97300. The van der Waals surface area contributed by atoms with Crippen LogP contribution in [0, 0.1) is 0 Å². The molecule has 0 heterocycles. The first-order valence-electron chi connectivity index (χ1n) is 3.12. The zero-order valence-electron chi connectivity index (χ0n) is 9.10. The average Bonchev–Trinajstić information content (AvgIpc) is 2.47. The van der Waals surface area contributed by atoms with Crippen LogP contribution in [-0.2, 0) is 36.0 Å². The fourth-order valence-corrected chi connectivity index (χ4v) is 0. The Bertz CT molecular complexity index is 106. The summed E-state index contributed by atoms with van der Waals surface area (Å²) in [5, 5.41) is 0. The molecule has 93 valence electrons. The summed E-state index contributed by atoms with van der Waals surface area (Å²) in [6, 6.07) is 0. The van der Waals surface area contributed by atoms with Crippen LogP contribution >= 0.6 is 0 Å². The predicted molar refractivity (Wildman–Crippen MR) is 63.6 cm³/mol. The van der Waals surface area contributed by atoms with Gasteiger partial charge in [-0.3, -0.25) is 19.2 Å². The number of rotatable bonds is 2. The minimum Gasteiger partial charge on any atom is -0.281 e. The first-order chi connectivity index (χ1) is 7.83. The smallest absolute Gasteiger partial charge is 0.281 e. The van der Waals surface area contributed by atoms with Crippen molar-refractivity contribution in [2.45, 2.75) is 0 Å². The van der Waals surface area contributed by atoms with Crippen molar-refractivity contribution < 1.29 is 36.0 Å². The van der Waals surface area contributed by atoms with E-state index in [1.54, 1.807) is 24.3 Å². The third-order valence-electron chi connectivity index (χ3n) is 0.333. The molecule has 0 aromatic heterocycles. The first kappa shape index (κ1) is 45.7. The monoisotopic (exact) mass is 279 g/mol. The molecule has 0 aliphatic rings. The van der Waals surface area contributed by atoms with Gasteiger partial charge in [0.05, 0.1) is 0 Å². The van der Waals surface area contributed by atoms with E-state index in [0.29, 0.717) is 0 Å². The Kier molecular flexibility index (Phi) is 1430. The van der Waals surface area contributed by atoms with Crippen LogP contribution in [0.1, 0.15) is 0 Å². The van der Waals surface area contributed by atoms with Gasteiger partial charge in [0.1, 0.15) is 0 Å². The summed E-state index contributed by atoms with van der Waals surface area (Å²) in [5.41, 5.74) is 0. The van der Waals surface area contributed by atoms with Gasteiger partial charge >= 0.3 is 0 Å². The summed E-state index contributed by atoms with van der Waals surface area (Å²) in [4.78, 5) is 30.0. The number of hydrogen-bond donors (Lipinski definition) is 0. The molecule has 0 N–H and O–H groups in total. The van der Waals surface area contributed by atoms with Crippen LogP contribution in [0.25, 0.3) is 0 Å². The molecular weight excluding hydrogens is 267 g/mol. The van der Waals surface area contributed by atoms with Crippen LogP contribution in [0.3, 0.4) is 0 Å². The van der Waals surface area contributed by atoms with Crippen molar-refractivity contribution >= 4 is 27.2 Å². The molecule has 0 amide bonds. The van der Waals surface area contributed by atoms with E-state index in [-0.39, 0.29) is 16.8 Å². The maximum atomic E-state index is 7.50. The van der Waals surface area contributed by atoms with E-state index in [9.17, 15) is 0 Å². The molecule has 0 aromatic rings. The average molecular weight is 279 g/mol. The normalized spacial score (nSPS) is 3.29. The summed E-state index contributed by atoms with van der Waals surface area (Å²) in [6.45, 7) is 31.4. The molecule has 0 rings (SSSR count). The molecule has 5 heteroatoms. The van der Waals surface area contributed by atoms with Crippen LogP contribution in [0.5, 0.6) is 0 Å². The predicted octanol–water partition coefficient (Wildman–Crippen LogP) is 1.13. The van der Waals surface area contributed by atoms with Gasteiger partial charge in [-0.2, -0.15) is 0 Å². The van der Waals surface area contributed by atoms with Crippen LogP contribution < -0.4 is 0 Å². The molecule has 0 unspecified atom stereocenters. The Morgan fingerprint density at radius 2 is 0.529 bits per heavy atom. The van der Waals surface area contributed by atoms with Crippen LogP contribution in [0.4, 0.5) is 0 Å². The molecular formula is C12H12CoO4. The molecule has 0 atom stereocenters. The molecule has 0 aliphatic carbocycles. The molecule has 0 aromatic carbocycles. The maximum absolute atomic E-state index is 7.50. The van der Waals surface area contributed by atoms with Gasteiger partial charge in [0.25, 0.3) is 27.2 Å². The second-order valence-electron chi connectivity index (χ2n) is 0.943. The first-order valence-corrected chi connectivity index (χ1v) is 3.12. The SMILES string of the molecule is C=CC=C.C=CC=C.[C]=O.[C]=O.[C]=O.[C]=O.[Co]. The zero-order valence-corrected chi connectivity index (χ0v) is 10.1. The number of carbonyl (C=O) groups excluding carboxylic acids is 4. The molecule has 0 fully saturated rings. The van der Waals surface area contributed by atoms with Crippen LogP contribution in [0.15, 0.2) is 50.6 Å². The summed E-state index contributed by atoms with van der Waals surface area (Å²) >= 11 is 0. The quantitative estimate of drug-likeness (QED) is 0.710. The largest absolute Gasteiger partial charge is 0.281 e. The Hall–Kier alpha value is -1.85. The Morgan fingerprint density at radius 1 is 0.471 bits per heavy atom. The number of hydrogen-bond acceptors (Lipinski definition) is 4. The second-order valence-corrected chi connectivity index (χ2v) is 0.943. The van der Waals surface area contributed by atoms with E-state index in [4.69, 9.17) is 19.2 Å². The van der Waals surface area contributed by atoms with E-state index in [1.807, 2.05) is 0 Å². The standard InChI is InChI=1S/2C4H6.4CO.Co/c2*1-3-4-2;4*1-2;/h2*3-4H,1-2H2;;;;;. The summed E-state index contributed by atoms with van der Waals surface area (Å²) in [6.07, 6.45) is 6.56. The molecule has 0 aliphatic heterocycles. The fraction of sp³-hybridized carbons (Fsp3) is 0. The molecule has 0 bridgehead atoms. The molecule has 9 radical (unpaired) electrons. The van der Waals surface area contributed by atoms with Crippen molar-refractivity contribution in [3.05, 3.63) is 50.6 Å². The van der Waals surface area contributed by atoms with Crippen LogP contribution in [-0.4, -0.2) is 27.2 Å². The maximum Gasteiger partial charge on any atom is 0.281 e. The molecule has 0 spiro atoms. The summed E-state index contributed by atoms with van der Waals surface area (Å²) < 4.78 is 0. The van der Waals surface area contributed by atoms with E-state index in [2.05, 4.69) is 53.5 Å². The topological polar surface area (TPSA) is 68.3 Å². The third-order valence-corrected chi connectivity index (χ3v) is 0.333. The van der Waals surface area contributed by atoms with E-state index >= 15 is 0 Å². The van der Waals surface area contributed by atoms with Crippen molar-refractivity contribution in [2.24, 2.45) is 0 Å². The second kappa shape index (κ2) is 531. The van der Waals surface area contributed by atoms with Crippen LogP contribution in [0.2, 0.25) is 0 Å². The molecule has 0 saturated carbocycles. The minimum absolute atomic E-state index is 0. The Morgan fingerprint density at radius 3 is 0.529 bits per heavy atom. The molecule has 17 heavy (non-hydrogen) atoms. The zero-order chi connectivity index (χ0) is 14.8.